The van der Waals surface area contributed by atoms with Crippen LogP contribution < -0.4 is 10.1 Å². The van der Waals surface area contributed by atoms with E-state index in [1.165, 1.54) is 6.07 Å². The molecule has 2 rings (SSSR count). The molecule has 3 nitrogen and oxygen atoms in total. The van der Waals surface area contributed by atoms with Gasteiger partial charge in [0.25, 0.3) is 0 Å². The zero-order chi connectivity index (χ0) is 14.4. The summed E-state index contributed by atoms with van der Waals surface area (Å²) in [7, 11) is 0. The number of benzene rings is 1. The van der Waals surface area contributed by atoms with E-state index < -0.39 is 0 Å². The van der Waals surface area contributed by atoms with Crippen LogP contribution in [0.3, 0.4) is 0 Å². The van der Waals surface area contributed by atoms with E-state index >= 15 is 0 Å². The monoisotopic (exact) mass is 281 g/mol. The number of fused-ring (bicyclic) bond motifs is 1. The number of halogens is 1. The first kappa shape index (κ1) is 15.3. The fourth-order valence-electron chi connectivity index (χ4n) is 2.34. The van der Waals surface area contributed by atoms with Crippen LogP contribution in [0, 0.1) is 5.82 Å². The van der Waals surface area contributed by atoms with Crippen molar-refractivity contribution in [2.75, 3.05) is 19.7 Å². The highest BCUT2D eigenvalue weighted by molar-refractivity contribution is 5.37. The first-order chi connectivity index (χ1) is 9.65. The van der Waals surface area contributed by atoms with Gasteiger partial charge >= 0.3 is 0 Å². The zero-order valence-electron chi connectivity index (χ0n) is 12.3. The molecule has 4 heteroatoms. The summed E-state index contributed by atoms with van der Waals surface area (Å²) in [5.41, 5.74) is 0.974. The highest BCUT2D eigenvalue weighted by Gasteiger charge is 2.22. The number of nitrogens with one attached hydrogen (secondary N) is 1. The van der Waals surface area contributed by atoms with E-state index in [0.717, 1.165) is 50.3 Å². The Balaban J connectivity index is 1.56. The van der Waals surface area contributed by atoms with Crippen molar-refractivity contribution < 1.29 is 13.9 Å². The van der Waals surface area contributed by atoms with Crippen LogP contribution in [-0.2, 0) is 11.2 Å². The van der Waals surface area contributed by atoms with Crippen molar-refractivity contribution in [2.24, 2.45) is 0 Å². The van der Waals surface area contributed by atoms with Crippen molar-refractivity contribution in [1.29, 1.82) is 0 Å². The fourth-order valence-corrected chi connectivity index (χ4v) is 2.34. The Morgan fingerprint density at radius 1 is 1.40 bits per heavy atom. The quantitative estimate of drug-likeness (QED) is 0.743. The van der Waals surface area contributed by atoms with Gasteiger partial charge in [-0.3, -0.25) is 0 Å². The minimum Gasteiger partial charge on any atom is -0.488 e. The highest BCUT2D eigenvalue weighted by Crippen LogP contribution is 2.28. The minimum atomic E-state index is -0.189. The molecule has 0 saturated carbocycles. The van der Waals surface area contributed by atoms with E-state index in [1.54, 1.807) is 12.1 Å². The molecule has 0 aromatic heterocycles. The summed E-state index contributed by atoms with van der Waals surface area (Å²) < 4.78 is 24.3. The van der Waals surface area contributed by atoms with Gasteiger partial charge in [-0.2, -0.15) is 0 Å². The van der Waals surface area contributed by atoms with Crippen molar-refractivity contribution in [3.05, 3.63) is 29.6 Å². The van der Waals surface area contributed by atoms with Crippen LogP contribution in [0.4, 0.5) is 4.39 Å². The lowest BCUT2D eigenvalue weighted by molar-refractivity contribution is 0.0759. The zero-order valence-corrected chi connectivity index (χ0v) is 12.3. The Kier molecular flexibility index (Phi) is 5.80. The van der Waals surface area contributed by atoms with Gasteiger partial charge in [-0.1, -0.05) is 0 Å². The van der Waals surface area contributed by atoms with Crippen LogP contribution in [0.1, 0.15) is 32.3 Å². The molecule has 1 aliphatic rings. The summed E-state index contributed by atoms with van der Waals surface area (Å²) in [5.74, 6) is 0.634. The van der Waals surface area contributed by atoms with Gasteiger partial charge in [0.05, 0.1) is 6.10 Å². The lowest BCUT2D eigenvalue weighted by atomic mass is 10.1. The fraction of sp³-hybridized carbons (Fsp3) is 0.625. The summed E-state index contributed by atoms with van der Waals surface area (Å²) in [6.07, 6.45) is 3.40. The van der Waals surface area contributed by atoms with Gasteiger partial charge in [-0.15, -0.1) is 0 Å². The van der Waals surface area contributed by atoms with Gasteiger partial charge in [0.1, 0.15) is 17.7 Å². The third-order valence-electron chi connectivity index (χ3n) is 3.33. The Hall–Kier alpha value is -1.13. The SMILES string of the molecule is CC(C)OCCCCNCC1Cc2cc(F)ccc2O1. The molecule has 1 aromatic rings. The molecule has 112 valence electrons. The molecule has 0 bridgehead atoms. The van der Waals surface area contributed by atoms with Crippen LogP contribution in [0.2, 0.25) is 0 Å². The normalized spacial score (nSPS) is 17.3. The van der Waals surface area contributed by atoms with Gasteiger partial charge in [0.2, 0.25) is 0 Å². The molecule has 1 aliphatic heterocycles. The maximum absolute atomic E-state index is 13.1. The van der Waals surface area contributed by atoms with Crippen molar-refractivity contribution in [1.82, 2.24) is 5.32 Å². The number of hydrogen-bond acceptors (Lipinski definition) is 3. The predicted octanol–water partition coefficient (Wildman–Crippen LogP) is 2.92. The Morgan fingerprint density at radius 3 is 3.05 bits per heavy atom. The topological polar surface area (TPSA) is 30.5 Å². The molecule has 1 atom stereocenters. The summed E-state index contributed by atoms with van der Waals surface area (Å²) in [4.78, 5) is 0. The maximum Gasteiger partial charge on any atom is 0.123 e. The van der Waals surface area contributed by atoms with Crippen LogP contribution in [0.15, 0.2) is 18.2 Å². The van der Waals surface area contributed by atoms with Crippen molar-refractivity contribution in [3.8, 4) is 5.75 Å². The second kappa shape index (κ2) is 7.60. The summed E-state index contributed by atoms with van der Waals surface area (Å²) in [5, 5.41) is 3.39. The molecular weight excluding hydrogens is 257 g/mol. The molecule has 1 heterocycles. The smallest absolute Gasteiger partial charge is 0.123 e. The van der Waals surface area contributed by atoms with Gasteiger partial charge < -0.3 is 14.8 Å². The minimum absolute atomic E-state index is 0.124. The molecule has 20 heavy (non-hydrogen) atoms. The van der Waals surface area contributed by atoms with Crippen LogP contribution in [-0.4, -0.2) is 31.9 Å². The molecule has 1 aromatic carbocycles. The molecule has 0 amide bonds. The van der Waals surface area contributed by atoms with E-state index in [1.807, 2.05) is 0 Å². The van der Waals surface area contributed by atoms with Gasteiger partial charge in [-0.25, -0.2) is 4.39 Å². The van der Waals surface area contributed by atoms with Crippen molar-refractivity contribution in [3.63, 3.8) is 0 Å². The Labute approximate surface area is 120 Å². The average molecular weight is 281 g/mol. The summed E-state index contributed by atoms with van der Waals surface area (Å²) in [6, 6.07) is 4.73. The van der Waals surface area contributed by atoms with E-state index in [9.17, 15) is 4.39 Å². The first-order valence-electron chi connectivity index (χ1n) is 7.42. The molecule has 0 spiro atoms. The number of ether oxygens (including phenoxy) is 2. The van der Waals surface area contributed by atoms with Gasteiger partial charge in [0.15, 0.2) is 0 Å². The molecule has 0 fully saturated rings. The largest absolute Gasteiger partial charge is 0.488 e. The predicted molar refractivity (Wildman–Crippen MR) is 77.7 cm³/mol. The van der Waals surface area contributed by atoms with E-state index in [2.05, 4.69) is 19.2 Å². The third-order valence-corrected chi connectivity index (χ3v) is 3.33. The standard InChI is InChI=1S/C16H24FNO2/c1-12(2)19-8-4-3-7-18-11-15-10-13-9-14(17)5-6-16(13)20-15/h5-6,9,12,15,18H,3-4,7-8,10-11H2,1-2H3. The first-order valence-corrected chi connectivity index (χ1v) is 7.42. The summed E-state index contributed by atoms with van der Waals surface area (Å²) in [6.45, 7) is 6.70. The summed E-state index contributed by atoms with van der Waals surface area (Å²) >= 11 is 0. The Bertz CT molecular complexity index is 423. The maximum atomic E-state index is 13.1. The Morgan fingerprint density at radius 2 is 2.25 bits per heavy atom. The molecule has 1 unspecified atom stereocenters. The highest BCUT2D eigenvalue weighted by atomic mass is 19.1. The third kappa shape index (κ3) is 4.76. The van der Waals surface area contributed by atoms with Gasteiger partial charge in [-0.05, 0) is 51.4 Å². The number of hydrogen-bond donors (Lipinski definition) is 1. The van der Waals surface area contributed by atoms with E-state index in [0.29, 0.717) is 6.10 Å². The number of unbranched alkanes of at least 4 members (excludes halogenated alkanes) is 1. The van der Waals surface area contributed by atoms with Crippen molar-refractivity contribution >= 4 is 0 Å². The van der Waals surface area contributed by atoms with Gasteiger partial charge in [0, 0.05) is 25.1 Å². The second-order valence-electron chi connectivity index (χ2n) is 5.53. The van der Waals surface area contributed by atoms with Crippen LogP contribution in [0.5, 0.6) is 5.75 Å². The lowest BCUT2D eigenvalue weighted by Crippen LogP contribution is -2.30. The van der Waals surface area contributed by atoms with E-state index in [4.69, 9.17) is 9.47 Å². The molecule has 0 aliphatic carbocycles. The van der Waals surface area contributed by atoms with Crippen LogP contribution in [0.25, 0.3) is 0 Å². The molecule has 1 N–H and O–H groups in total. The van der Waals surface area contributed by atoms with Crippen LogP contribution >= 0.6 is 0 Å². The second-order valence-corrected chi connectivity index (χ2v) is 5.53. The lowest BCUT2D eigenvalue weighted by Gasteiger charge is -2.12. The molecular formula is C16H24FNO2. The average Bonchev–Trinajstić information content (AvgIpc) is 2.79. The van der Waals surface area contributed by atoms with E-state index in [-0.39, 0.29) is 11.9 Å². The van der Waals surface area contributed by atoms with Crippen molar-refractivity contribution in [2.45, 2.75) is 45.3 Å². The molecule has 0 saturated heterocycles. The molecule has 0 radical (unpaired) electrons. The number of rotatable bonds is 8.